The van der Waals surface area contributed by atoms with Crippen molar-refractivity contribution < 1.29 is 17.9 Å². The molecule has 0 bridgehead atoms. The summed E-state index contributed by atoms with van der Waals surface area (Å²) in [6, 6.07) is 5.17. The van der Waals surface area contributed by atoms with Gasteiger partial charge in [-0.05, 0) is 23.8 Å². The highest BCUT2D eigenvalue weighted by atomic mass is 79.9. The van der Waals surface area contributed by atoms with Gasteiger partial charge in [-0.15, -0.1) is 14.1 Å². The monoisotopic (exact) mass is 407 g/mol. The number of halogens is 4. The summed E-state index contributed by atoms with van der Waals surface area (Å²) in [5.41, 5.74) is 0.799. The predicted octanol–water partition coefficient (Wildman–Crippen LogP) is 5.87. The van der Waals surface area contributed by atoms with Crippen molar-refractivity contribution in [3.8, 4) is 0 Å². The van der Waals surface area contributed by atoms with Crippen LogP contribution in [0.15, 0.2) is 24.4 Å². The second-order valence-corrected chi connectivity index (χ2v) is 13.0. The fraction of sp³-hybridized carbons (Fsp3) is 0.500. The van der Waals surface area contributed by atoms with Gasteiger partial charge in [0.2, 0.25) is 0 Å². The number of alkyl halides is 4. The van der Waals surface area contributed by atoms with Gasteiger partial charge in [0.05, 0.1) is 11.1 Å². The van der Waals surface area contributed by atoms with Crippen LogP contribution in [-0.2, 0) is 23.0 Å². The Morgan fingerprint density at radius 3 is 2.48 bits per heavy atom. The van der Waals surface area contributed by atoms with Crippen LogP contribution in [0.1, 0.15) is 11.1 Å². The molecular formula is C16H21BrF3NOSi-. The molecule has 0 N–H and O–H groups in total. The van der Waals surface area contributed by atoms with E-state index in [9.17, 15) is 13.2 Å². The maximum absolute atomic E-state index is 13.0. The number of hydrogen-bond donors (Lipinski definition) is 0. The summed E-state index contributed by atoms with van der Waals surface area (Å²) in [5, 5.41) is 0.954. The molecule has 0 unspecified atom stereocenters. The number of rotatable bonds is 6. The maximum Gasteiger partial charge on any atom is 0.416 e. The molecule has 1 aromatic carbocycles. The number of ether oxygens (including phenoxy) is 1. The maximum atomic E-state index is 13.0. The van der Waals surface area contributed by atoms with Crippen LogP contribution < -0.4 is 0 Å². The molecule has 0 aliphatic heterocycles. The molecule has 0 saturated carbocycles. The highest BCUT2D eigenvalue weighted by molar-refractivity contribution is 9.08. The third-order valence-corrected chi connectivity index (χ3v) is 5.95. The van der Waals surface area contributed by atoms with Crippen LogP contribution in [-0.4, -0.2) is 19.2 Å². The van der Waals surface area contributed by atoms with Crippen molar-refractivity contribution in [1.82, 2.24) is 4.57 Å². The summed E-state index contributed by atoms with van der Waals surface area (Å²) in [6.07, 6.45) is -2.55. The Balaban J connectivity index is 2.22. The summed E-state index contributed by atoms with van der Waals surface area (Å²) in [6.45, 7) is 7.88. The van der Waals surface area contributed by atoms with Crippen molar-refractivity contribution in [2.45, 2.75) is 43.9 Å². The molecule has 2 aromatic rings. The van der Waals surface area contributed by atoms with E-state index in [1.807, 2.05) is 4.57 Å². The Morgan fingerprint density at radius 2 is 1.91 bits per heavy atom. The number of hydrogen-bond acceptors (Lipinski definition) is 1. The quantitative estimate of drug-likeness (QED) is 0.331. The summed E-state index contributed by atoms with van der Waals surface area (Å²) in [7, 11) is -1.15. The van der Waals surface area contributed by atoms with Crippen molar-refractivity contribution >= 4 is 34.9 Å². The molecule has 0 amide bonds. The molecule has 0 spiro atoms. The van der Waals surface area contributed by atoms with Gasteiger partial charge in [0, 0.05) is 23.5 Å². The van der Waals surface area contributed by atoms with Gasteiger partial charge in [-0.2, -0.15) is 32.8 Å². The van der Waals surface area contributed by atoms with Crippen LogP contribution in [0.4, 0.5) is 13.2 Å². The standard InChI is InChI=1S/C16H21BrF3NOSi/c1-23(2,3)7-6-22-11-21-5-4-12-8-14(16(18,19)20)9-13(10-17)15(12)21/h4-5,8-9H,6-7,10-11H2,1-3H3/q-1. The smallest absolute Gasteiger partial charge is 0.364 e. The molecular weight excluding hydrogens is 387 g/mol. The van der Waals surface area contributed by atoms with Crippen molar-refractivity contribution in [2.24, 2.45) is 0 Å². The van der Waals surface area contributed by atoms with Crippen LogP contribution >= 0.6 is 15.9 Å². The van der Waals surface area contributed by atoms with E-state index in [0.717, 1.165) is 11.6 Å². The van der Waals surface area contributed by atoms with Crippen LogP contribution in [0.3, 0.4) is 0 Å². The molecule has 0 atom stereocenters. The zero-order valence-corrected chi connectivity index (χ0v) is 16.1. The highest BCUT2D eigenvalue weighted by Gasteiger charge is 2.31. The minimum Gasteiger partial charge on any atom is -0.364 e. The van der Waals surface area contributed by atoms with E-state index in [0.29, 0.717) is 29.6 Å². The lowest BCUT2D eigenvalue weighted by atomic mass is 10.1. The van der Waals surface area contributed by atoms with E-state index in [-0.39, 0.29) is 0 Å². The van der Waals surface area contributed by atoms with Gasteiger partial charge < -0.3 is 9.30 Å². The fourth-order valence-corrected chi connectivity index (χ4v) is 3.54. The predicted molar refractivity (Wildman–Crippen MR) is 93.7 cm³/mol. The normalized spacial score (nSPS) is 13.0. The average molecular weight is 408 g/mol. The number of benzene rings is 1. The molecule has 0 aliphatic carbocycles. The largest absolute Gasteiger partial charge is 0.416 e. The zero-order chi connectivity index (χ0) is 17.3. The minimum atomic E-state index is -4.33. The van der Waals surface area contributed by atoms with Crippen LogP contribution in [0.2, 0.25) is 25.7 Å². The number of nitrogens with zero attached hydrogens (tertiary/aromatic N) is 1. The van der Waals surface area contributed by atoms with E-state index in [4.69, 9.17) is 4.74 Å². The van der Waals surface area contributed by atoms with Gasteiger partial charge in [-0.1, -0.05) is 15.9 Å². The molecule has 0 aliphatic rings. The van der Waals surface area contributed by atoms with E-state index < -0.39 is 19.8 Å². The van der Waals surface area contributed by atoms with Gasteiger partial charge in [0.1, 0.15) is 6.73 Å². The van der Waals surface area contributed by atoms with E-state index in [1.54, 1.807) is 12.3 Å². The molecule has 2 nitrogen and oxygen atoms in total. The summed E-state index contributed by atoms with van der Waals surface area (Å²) in [4.78, 5) is 0. The van der Waals surface area contributed by atoms with Gasteiger partial charge in [-0.3, -0.25) is 0 Å². The SMILES string of the molecule is C[Si-](C)(C)CCOCn1ccc2cc(C(F)(F)F)cc(CBr)c21. The lowest BCUT2D eigenvalue weighted by Crippen LogP contribution is -2.22. The fourth-order valence-electron chi connectivity index (χ4n) is 2.36. The van der Waals surface area contributed by atoms with Gasteiger partial charge in [0.15, 0.2) is 0 Å². The Hall–Kier alpha value is -0.793. The second kappa shape index (κ2) is 6.99. The molecule has 0 fully saturated rings. The Labute approximate surface area is 143 Å². The van der Waals surface area contributed by atoms with Gasteiger partial charge >= 0.3 is 6.18 Å². The zero-order valence-electron chi connectivity index (χ0n) is 13.5. The molecule has 1 heterocycles. The third kappa shape index (κ3) is 4.84. The van der Waals surface area contributed by atoms with E-state index in [1.165, 1.54) is 12.1 Å². The van der Waals surface area contributed by atoms with E-state index in [2.05, 4.69) is 35.6 Å². The first-order chi connectivity index (χ1) is 10.6. The highest BCUT2D eigenvalue weighted by Crippen LogP contribution is 2.34. The minimum absolute atomic E-state index is 0.360. The first-order valence-corrected chi connectivity index (χ1v) is 12.3. The summed E-state index contributed by atoms with van der Waals surface area (Å²) in [5.74, 6) is 0. The first-order valence-electron chi connectivity index (χ1n) is 7.44. The number of fused-ring (bicyclic) bond motifs is 1. The van der Waals surface area contributed by atoms with Crippen molar-refractivity contribution in [3.05, 3.63) is 35.5 Å². The molecule has 0 radical (unpaired) electrons. The second-order valence-electron chi connectivity index (χ2n) is 6.84. The van der Waals surface area contributed by atoms with Crippen molar-refractivity contribution in [3.63, 3.8) is 0 Å². The van der Waals surface area contributed by atoms with Crippen LogP contribution in [0.25, 0.3) is 10.9 Å². The summed E-state index contributed by atoms with van der Waals surface area (Å²) < 4.78 is 46.5. The van der Waals surface area contributed by atoms with Gasteiger partial charge in [0.25, 0.3) is 0 Å². The van der Waals surface area contributed by atoms with Crippen molar-refractivity contribution in [2.75, 3.05) is 6.61 Å². The third-order valence-electron chi connectivity index (χ3n) is 3.64. The lowest BCUT2D eigenvalue weighted by molar-refractivity contribution is -0.137. The summed E-state index contributed by atoms with van der Waals surface area (Å²) >= 11 is 3.29. The molecule has 7 heteroatoms. The first kappa shape index (κ1) is 18.5. The molecule has 1 aromatic heterocycles. The Bertz CT molecular complexity index is 676. The lowest BCUT2D eigenvalue weighted by Gasteiger charge is -2.26. The Morgan fingerprint density at radius 1 is 1.22 bits per heavy atom. The van der Waals surface area contributed by atoms with Crippen LogP contribution in [0.5, 0.6) is 0 Å². The number of aromatic nitrogens is 1. The molecule has 129 valence electrons. The molecule has 23 heavy (non-hydrogen) atoms. The van der Waals surface area contributed by atoms with E-state index >= 15 is 0 Å². The Kier molecular flexibility index (Phi) is 5.63. The molecule has 2 rings (SSSR count). The van der Waals surface area contributed by atoms with Crippen molar-refractivity contribution in [1.29, 1.82) is 0 Å². The molecule has 0 saturated heterocycles. The van der Waals surface area contributed by atoms with Crippen LogP contribution in [0, 0.1) is 0 Å². The van der Waals surface area contributed by atoms with Gasteiger partial charge in [-0.25, -0.2) is 0 Å². The topological polar surface area (TPSA) is 14.2 Å². The average Bonchev–Trinajstić information content (AvgIpc) is 2.84.